The number of pyridine rings is 1. The Bertz CT molecular complexity index is 627. The Morgan fingerprint density at radius 2 is 2.12 bits per heavy atom. The van der Waals surface area contributed by atoms with Gasteiger partial charge in [0.1, 0.15) is 12.1 Å². The van der Waals surface area contributed by atoms with Gasteiger partial charge in [-0.05, 0) is 49.9 Å². The topological polar surface area (TPSA) is 71.8 Å². The fourth-order valence-corrected chi connectivity index (χ4v) is 3.09. The summed E-state index contributed by atoms with van der Waals surface area (Å²) in [6.45, 7) is 4.31. The predicted octanol–water partition coefficient (Wildman–Crippen LogP) is 3.08. The van der Waals surface area contributed by atoms with Crippen molar-refractivity contribution in [2.45, 2.75) is 26.2 Å². The molecule has 1 amide bonds. The molecule has 3 heterocycles. The van der Waals surface area contributed by atoms with Gasteiger partial charge >= 0.3 is 0 Å². The first-order valence-corrected chi connectivity index (χ1v) is 8.17. The quantitative estimate of drug-likeness (QED) is 0.829. The summed E-state index contributed by atoms with van der Waals surface area (Å²) in [6.07, 6.45) is 9.81. The van der Waals surface area contributed by atoms with Gasteiger partial charge in [-0.3, -0.25) is 9.36 Å². The molecule has 6 nitrogen and oxygen atoms in total. The van der Waals surface area contributed by atoms with Gasteiger partial charge in [0.2, 0.25) is 5.91 Å². The average molecular weight is 386 g/mol. The van der Waals surface area contributed by atoms with Crippen LogP contribution in [-0.4, -0.2) is 33.5 Å². The molecule has 1 saturated heterocycles. The van der Waals surface area contributed by atoms with E-state index in [-0.39, 0.29) is 30.7 Å². The van der Waals surface area contributed by atoms with Crippen molar-refractivity contribution in [3.05, 3.63) is 37.1 Å². The van der Waals surface area contributed by atoms with Gasteiger partial charge in [0.25, 0.3) is 0 Å². The maximum atomic E-state index is 12.2. The van der Waals surface area contributed by atoms with E-state index in [2.05, 4.69) is 27.5 Å². The number of carbonyl (C=O) groups excluding carboxylic acids is 1. The molecule has 1 atom stereocenters. The van der Waals surface area contributed by atoms with E-state index >= 15 is 0 Å². The number of amides is 1. The standard InChI is InChI=1S/C17H23N5O.2ClH/c1-13(14-4-6-18-7-5-14)10-17(23)21-15-2-3-16(20-11-15)22-9-8-19-12-22;;/h2-3,8-9,11-14,18H,4-7,10H2,1H3,(H,21,23);2*1H. The molecule has 1 fully saturated rings. The number of hydrogen-bond acceptors (Lipinski definition) is 4. The fraction of sp³-hybridized carbons (Fsp3) is 0.471. The minimum absolute atomic E-state index is 0. The second kappa shape index (κ2) is 10.4. The average Bonchev–Trinajstić information content (AvgIpc) is 3.11. The number of piperidine rings is 1. The highest BCUT2D eigenvalue weighted by Gasteiger charge is 2.22. The number of nitrogens with one attached hydrogen (secondary N) is 2. The van der Waals surface area contributed by atoms with Crippen molar-refractivity contribution in [2.75, 3.05) is 18.4 Å². The molecule has 138 valence electrons. The smallest absolute Gasteiger partial charge is 0.224 e. The van der Waals surface area contributed by atoms with Crippen molar-refractivity contribution in [3.8, 4) is 5.82 Å². The molecule has 2 aromatic heterocycles. The van der Waals surface area contributed by atoms with Crippen molar-refractivity contribution >= 4 is 36.4 Å². The number of nitrogens with zero attached hydrogens (tertiary/aromatic N) is 3. The van der Waals surface area contributed by atoms with E-state index in [0.717, 1.165) is 37.4 Å². The molecule has 2 N–H and O–H groups in total. The zero-order valence-electron chi connectivity index (χ0n) is 14.2. The molecule has 1 unspecified atom stereocenters. The van der Waals surface area contributed by atoms with Gasteiger partial charge in [0, 0.05) is 18.8 Å². The Hall–Kier alpha value is -1.63. The van der Waals surface area contributed by atoms with Gasteiger partial charge in [0.05, 0.1) is 11.9 Å². The van der Waals surface area contributed by atoms with Crippen LogP contribution in [0.15, 0.2) is 37.1 Å². The minimum atomic E-state index is 0. The minimum Gasteiger partial charge on any atom is -0.325 e. The number of anilines is 1. The third-order valence-electron chi connectivity index (χ3n) is 4.50. The molecule has 0 spiro atoms. The first kappa shape index (κ1) is 21.4. The van der Waals surface area contributed by atoms with Crippen molar-refractivity contribution in [1.82, 2.24) is 19.9 Å². The summed E-state index contributed by atoms with van der Waals surface area (Å²) in [5.41, 5.74) is 0.733. The molecule has 1 aliphatic rings. The predicted molar refractivity (Wildman–Crippen MR) is 104 cm³/mol. The number of halogens is 2. The van der Waals surface area contributed by atoms with Crippen LogP contribution in [0.3, 0.4) is 0 Å². The summed E-state index contributed by atoms with van der Waals surface area (Å²) < 4.78 is 1.82. The SMILES string of the molecule is CC(CC(=O)Nc1ccc(-n2ccnc2)nc1)C1CCNCC1.Cl.Cl. The lowest BCUT2D eigenvalue weighted by molar-refractivity contribution is -0.117. The molecular weight excluding hydrogens is 361 g/mol. The maximum Gasteiger partial charge on any atom is 0.224 e. The lowest BCUT2D eigenvalue weighted by Gasteiger charge is -2.27. The van der Waals surface area contributed by atoms with Crippen LogP contribution in [-0.2, 0) is 4.79 Å². The van der Waals surface area contributed by atoms with Crippen molar-refractivity contribution in [1.29, 1.82) is 0 Å². The van der Waals surface area contributed by atoms with Gasteiger partial charge < -0.3 is 10.6 Å². The Morgan fingerprint density at radius 3 is 2.72 bits per heavy atom. The van der Waals surface area contributed by atoms with Crippen molar-refractivity contribution in [3.63, 3.8) is 0 Å². The van der Waals surface area contributed by atoms with Crippen LogP contribution < -0.4 is 10.6 Å². The number of rotatable bonds is 5. The summed E-state index contributed by atoms with van der Waals surface area (Å²) in [6, 6.07) is 3.74. The second-order valence-electron chi connectivity index (χ2n) is 6.19. The first-order valence-electron chi connectivity index (χ1n) is 8.17. The van der Waals surface area contributed by atoms with E-state index in [0.29, 0.717) is 18.3 Å². The van der Waals surface area contributed by atoms with Crippen LogP contribution in [0.4, 0.5) is 5.69 Å². The molecule has 1 aliphatic heterocycles. The van der Waals surface area contributed by atoms with Gasteiger partial charge in [-0.2, -0.15) is 0 Å². The van der Waals surface area contributed by atoms with Crippen LogP contribution in [0.25, 0.3) is 5.82 Å². The summed E-state index contributed by atoms with van der Waals surface area (Å²) in [5, 5.41) is 6.31. The lowest BCUT2D eigenvalue weighted by atomic mass is 9.84. The van der Waals surface area contributed by atoms with E-state index < -0.39 is 0 Å². The molecule has 0 radical (unpaired) electrons. The third kappa shape index (κ3) is 5.99. The van der Waals surface area contributed by atoms with Crippen molar-refractivity contribution < 1.29 is 4.79 Å². The highest BCUT2D eigenvalue weighted by molar-refractivity contribution is 5.90. The maximum absolute atomic E-state index is 12.2. The lowest BCUT2D eigenvalue weighted by Crippen LogP contribution is -2.32. The number of carbonyl (C=O) groups is 1. The fourth-order valence-electron chi connectivity index (χ4n) is 3.09. The Balaban J connectivity index is 0.00000156. The van der Waals surface area contributed by atoms with E-state index in [9.17, 15) is 4.79 Å². The third-order valence-corrected chi connectivity index (χ3v) is 4.50. The zero-order chi connectivity index (χ0) is 16.1. The largest absolute Gasteiger partial charge is 0.325 e. The highest BCUT2D eigenvalue weighted by atomic mass is 35.5. The normalized spacial score (nSPS) is 15.6. The monoisotopic (exact) mass is 385 g/mol. The van der Waals surface area contributed by atoms with Crippen LogP contribution in [0.5, 0.6) is 0 Å². The van der Waals surface area contributed by atoms with Gasteiger partial charge in [0.15, 0.2) is 0 Å². The van der Waals surface area contributed by atoms with Crippen molar-refractivity contribution in [2.24, 2.45) is 11.8 Å². The van der Waals surface area contributed by atoms with Gasteiger partial charge in [-0.15, -0.1) is 24.8 Å². The van der Waals surface area contributed by atoms with E-state index in [4.69, 9.17) is 0 Å². The molecule has 2 aromatic rings. The van der Waals surface area contributed by atoms with E-state index in [1.165, 1.54) is 0 Å². The summed E-state index contributed by atoms with van der Waals surface area (Å²) in [4.78, 5) is 20.5. The molecular formula is C17H25Cl2N5O. The second-order valence-corrected chi connectivity index (χ2v) is 6.19. The first-order chi connectivity index (χ1) is 11.2. The molecule has 3 rings (SSSR count). The molecule has 25 heavy (non-hydrogen) atoms. The van der Waals surface area contributed by atoms with Crippen LogP contribution >= 0.6 is 24.8 Å². The van der Waals surface area contributed by atoms with Gasteiger partial charge in [-0.25, -0.2) is 9.97 Å². The Labute approximate surface area is 160 Å². The number of hydrogen-bond donors (Lipinski definition) is 2. The Kier molecular flexibility index (Phi) is 8.89. The van der Waals surface area contributed by atoms with Gasteiger partial charge in [-0.1, -0.05) is 6.92 Å². The Morgan fingerprint density at radius 1 is 1.36 bits per heavy atom. The highest BCUT2D eigenvalue weighted by Crippen LogP contribution is 2.24. The summed E-state index contributed by atoms with van der Waals surface area (Å²) in [7, 11) is 0. The molecule has 0 bridgehead atoms. The van der Waals surface area contributed by atoms with E-state index in [1.54, 1.807) is 18.7 Å². The van der Waals surface area contributed by atoms with Crippen LogP contribution in [0.1, 0.15) is 26.2 Å². The number of imidazole rings is 1. The zero-order valence-corrected chi connectivity index (χ0v) is 15.9. The molecule has 0 aromatic carbocycles. The molecule has 8 heteroatoms. The molecule has 0 aliphatic carbocycles. The van der Waals surface area contributed by atoms with E-state index in [1.807, 2.05) is 22.9 Å². The van der Waals surface area contributed by atoms with Crippen LogP contribution in [0.2, 0.25) is 0 Å². The van der Waals surface area contributed by atoms with Crippen LogP contribution in [0, 0.1) is 11.8 Å². The summed E-state index contributed by atoms with van der Waals surface area (Å²) >= 11 is 0. The number of aromatic nitrogens is 3. The summed E-state index contributed by atoms with van der Waals surface area (Å²) in [5.74, 6) is 1.90. The molecule has 0 saturated carbocycles.